The largest absolute Gasteiger partial charge is 0.246 e. The van der Waals surface area contributed by atoms with Gasteiger partial charge < -0.3 is 0 Å². The summed E-state index contributed by atoms with van der Waals surface area (Å²) in [6.07, 6.45) is 0. The minimum Gasteiger partial charge on any atom is -0.246 e. The maximum Gasteiger partial charge on any atom is 0.0900 e. The zero-order valence-electron chi connectivity index (χ0n) is 7.94. The zero-order chi connectivity index (χ0) is 9.35. The number of rotatable bonds is 1. The lowest BCUT2D eigenvalue weighted by atomic mass is 9.92. The van der Waals surface area contributed by atoms with Crippen molar-refractivity contribution >= 4 is 27.3 Å². The van der Waals surface area contributed by atoms with E-state index in [0.29, 0.717) is 0 Å². The highest BCUT2D eigenvalue weighted by atomic mass is 79.9. The summed E-state index contributed by atoms with van der Waals surface area (Å²) >= 11 is 5.27. The molecule has 0 atom stereocenters. The second-order valence-electron chi connectivity index (χ2n) is 3.89. The maximum absolute atomic E-state index is 4.54. The van der Waals surface area contributed by atoms with Crippen molar-refractivity contribution in [2.24, 2.45) is 0 Å². The fourth-order valence-electron chi connectivity index (χ4n) is 1.15. The molecule has 1 aromatic rings. The van der Waals surface area contributed by atoms with Crippen LogP contribution in [0.25, 0.3) is 0 Å². The summed E-state index contributed by atoms with van der Waals surface area (Å²) in [5.41, 5.74) is 1.41. The van der Waals surface area contributed by atoms with Crippen LogP contribution in [0.1, 0.15) is 36.3 Å². The van der Waals surface area contributed by atoms with Gasteiger partial charge in [-0.15, -0.1) is 11.3 Å². The SMILES string of the molecule is Cc1nc(C(C)(C)C)c(CBr)s1. The van der Waals surface area contributed by atoms with E-state index in [9.17, 15) is 0 Å². The van der Waals surface area contributed by atoms with Crippen molar-refractivity contribution in [3.8, 4) is 0 Å². The summed E-state index contributed by atoms with van der Waals surface area (Å²) in [5.74, 6) is 0. The van der Waals surface area contributed by atoms with Crippen molar-refractivity contribution in [2.45, 2.75) is 38.4 Å². The van der Waals surface area contributed by atoms with Crippen LogP contribution in [0, 0.1) is 6.92 Å². The molecule has 0 fully saturated rings. The number of hydrogen-bond acceptors (Lipinski definition) is 2. The predicted molar refractivity (Wildman–Crippen MR) is 58.2 cm³/mol. The Morgan fingerprint density at radius 3 is 2.33 bits per heavy atom. The van der Waals surface area contributed by atoms with E-state index in [1.807, 2.05) is 0 Å². The Morgan fingerprint density at radius 1 is 1.42 bits per heavy atom. The molecule has 1 nitrogen and oxygen atoms in total. The Bertz CT molecular complexity index is 273. The van der Waals surface area contributed by atoms with Crippen molar-refractivity contribution in [1.82, 2.24) is 4.98 Å². The number of thiazole rings is 1. The molecule has 0 N–H and O–H groups in total. The minimum atomic E-state index is 0.174. The third-order valence-corrected chi connectivity index (χ3v) is 3.54. The van der Waals surface area contributed by atoms with Gasteiger partial charge in [-0.2, -0.15) is 0 Å². The second kappa shape index (κ2) is 3.46. The van der Waals surface area contributed by atoms with Gasteiger partial charge in [0.2, 0.25) is 0 Å². The van der Waals surface area contributed by atoms with E-state index in [1.54, 1.807) is 11.3 Å². The molecular weight excluding hydrogens is 234 g/mol. The van der Waals surface area contributed by atoms with E-state index >= 15 is 0 Å². The molecule has 0 spiro atoms. The van der Waals surface area contributed by atoms with Crippen molar-refractivity contribution in [3.05, 3.63) is 15.6 Å². The minimum absolute atomic E-state index is 0.174. The van der Waals surface area contributed by atoms with Crippen molar-refractivity contribution in [3.63, 3.8) is 0 Å². The van der Waals surface area contributed by atoms with Gasteiger partial charge in [0.05, 0.1) is 10.7 Å². The van der Waals surface area contributed by atoms with Crippen LogP contribution < -0.4 is 0 Å². The first-order chi connectivity index (χ1) is 5.45. The molecule has 0 radical (unpaired) electrons. The monoisotopic (exact) mass is 247 g/mol. The predicted octanol–water partition coefficient (Wildman–Crippen LogP) is 3.64. The summed E-state index contributed by atoms with van der Waals surface area (Å²) < 4.78 is 0. The molecule has 1 heterocycles. The van der Waals surface area contributed by atoms with Crippen molar-refractivity contribution < 1.29 is 0 Å². The Balaban J connectivity index is 3.13. The van der Waals surface area contributed by atoms with Gasteiger partial charge >= 0.3 is 0 Å². The van der Waals surface area contributed by atoms with Crippen LogP contribution in [-0.2, 0) is 10.7 Å². The lowest BCUT2D eigenvalue weighted by Gasteiger charge is -2.16. The van der Waals surface area contributed by atoms with Gasteiger partial charge in [-0.3, -0.25) is 0 Å². The van der Waals surface area contributed by atoms with Gasteiger partial charge in [0, 0.05) is 15.6 Å². The second-order valence-corrected chi connectivity index (χ2v) is 5.74. The Morgan fingerprint density at radius 2 is 2.00 bits per heavy atom. The first-order valence-corrected chi connectivity index (χ1v) is 5.91. The molecule has 3 heteroatoms. The third kappa shape index (κ3) is 2.07. The van der Waals surface area contributed by atoms with Gasteiger partial charge in [-0.1, -0.05) is 36.7 Å². The van der Waals surface area contributed by atoms with Crippen LogP contribution in [0.15, 0.2) is 0 Å². The van der Waals surface area contributed by atoms with E-state index in [4.69, 9.17) is 0 Å². The van der Waals surface area contributed by atoms with E-state index < -0.39 is 0 Å². The normalized spacial score (nSPS) is 12.1. The summed E-state index contributed by atoms with van der Waals surface area (Å²) in [7, 11) is 0. The van der Waals surface area contributed by atoms with E-state index in [0.717, 1.165) is 10.3 Å². The average molecular weight is 248 g/mol. The van der Waals surface area contributed by atoms with Crippen LogP contribution in [0.4, 0.5) is 0 Å². The number of alkyl halides is 1. The first-order valence-electron chi connectivity index (χ1n) is 3.98. The number of halogens is 1. The fourth-order valence-corrected chi connectivity index (χ4v) is 2.75. The molecular formula is C9H14BrNS. The molecule has 0 saturated heterocycles. The molecule has 0 saturated carbocycles. The summed E-state index contributed by atoms with van der Waals surface area (Å²) in [6, 6.07) is 0. The lowest BCUT2D eigenvalue weighted by Crippen LogP contribution is -2.13. The van der Waals surface area contributed by atoms with Gasteiger partial charge in [-0.25, -0.2) is 4.98 Å². The van der Waals surface area contributed by atoms with Gasteiger partial charge in [0.15, 0.2) is 0 Å². The summed E-state index contributed by atoms with van der Waals surface area (Å²) in [5, 5.41) is 2.08. The first kappa shape index (κ1) is 10.2. The van der Waals surface area contributed by atoms with E-state index in [1.165, 1.54) is 10.6 Å². The molecule has 1 rings (SSSR count). The van der Waals surface area contributed by atoms with E-state index in [2.05, 4.69) is 48.6 Å². The number of hydrogen-bond donors (Lipinski definition) is 0. The molecule has 0 amide bonds. The van der Waals surface area contributed by atoms with E-state index in [-0.39, 0.29) is 5.41 Å². The Kier molecular flexibility index (Phi) is 2.94. The maximum atomic E-state index is 4.54. The number of aromatic nitrogens is 1. The molecule has 0 aromatic carbocycles. The topological polar surface area (TPSA) is 12.9 Å². The molecule has 1 aromatic heterocycles. The van der Waals surface area contributed by atoms with Crippen LogP contribution >= 0.6 is 27.3 Å². The molecule has 68 valence electrons. The van der Waals surface area contributed by atoms with Gasteiger partial charge in [-0.05, 0) is 6.92 Å². The third-order valence-electron chi connectivity index (χ3n) is 1.64. The lowest BCUT2D eigenvalue weighted by molar-refractivity contribution is 0.568. The highest BCUT2D eigenvalue weighted by Crippen LogP contribution is 2.30. The zero-order valence-corrected chi connectivity index (χ0v) is 10.3. The average Bonchev–Trinajstić information content (AvgIpc) is 2.29. The highest BCUT2D eigenvalue weighted by Gasteiger charge is 2.21. The summed E-state index contributed by atoms with van der Waals surface area (Å²) in [4.78, 5) is 5.90. The Hall–Kier alpha value is 0.110. The van der Waals surface area contributed by atoms with Crippen molar-refractivity contribution in [1.29, 1.82) is 0 Å². The molecule has 0 aliphatic carbocycles. The van der Waals surface area contributed by atoms with Gasteiger partial charge in [0.25, 0.3) is 0 Å². The van der Waals surface area contributed by atoms with Crippen LogP contribution in [0.2, 0.25) is 0 Å². The number of aryl methyl sites for hydroxylation is 1. The van der Waals surface area contributed by atoms with Crippen LogP contribution in [-0.4, -0.2) is 4.98 Å². The molecule has 12 heavy (non-hydrogen) atoms. The van der Waals surface area contributed by atoms with Crippen molar-refractivity contribution in [2.75, 3.05) is 0 Å². The Labute approximate surface area is 86.3 Å². The summed E-state index contributed by atoms with van der Waals surface area (Å²) in [6.45, 7) is 8.67. The quantitative estimate of drug-likeness (QED) is 0.691. The molecule has 0 aliphatic heterocycles. The standard InChI is InChI=1S/C9H14BrNS/c1-6-11-8(9(2,3)4)7(5-10)12-6/h5H2,1-4H3. The molecule has 0 unspecified atom stereocenters. The number of nitrogens with zero attached hydrogens (tertiary/aromatic N) is 1. The fraction of sp³-hybridized carbons (Fsp3) is 0.667. The molecule has 0 bridgehead atoms. The van der Waals surface area contributed by atoms with Gasteiger partial charge in [0.1, 0.15) is 0 Å². The smallest absolute Gasteiger partial charge is 0.0900 e. The van der Waals surface area contributed by atoms with Crippen LogP contribution in [0.5, 0.6) is 0 Å². The highest BCUT2D eigenvalue weighted by molar-refractivity contribution is 9.08. The van der Waals surface area contributed by atoms with Crippen LogP contribution in [0.3, 0.4) is 0 Å². The molecule has 0 aliphatic rings.